The molecule has 2 aromatic carbocycles. The van der Waals surface area contributed by atoms with Gasteiger partial charge in [0.1, 0.15) is 11.5 Å². The Bertz CT molecular complexity index is 1250. The lowest BCUT2D eigenvalue weighted by molar-refractivity contribution is 0.414. The van der Waals surface area contributed by atoms with Crippen molar-refractivity contribution < 1.29 is 9.47 Å². The van der Waals surface area contributed by atoms with Crippen LogP contribution in [-0.4, -0.2) is 46.2 Å². The lowest BCUT2D eigenvalue weighted by Gasteiger charge is -2.05. The fourth-order valence-corrected chi connectivity index (χ4v) is 3.50. The van der Waals surface area contributed by atoms with Crippen LogP contribution in [0.15, 0.2) is 70.8 Å². The van der Waals surface area contributed by atoms with E-state index in [1.54, 1.807) is 26.7 Å². The molecule has 0 aliphatic rings. The number of aromatic nitrogens is 4. The Hall–Kier alpha value is -4.07. The van der Waals surface area contributed by atoms with Crippen LogP contribution in [0.2, 0.25) is 0 Å². The van der Waals surface area contributed by atoms with E-state index in [1.807, 2.05) is 55.5 Å². The maximum Gasteiger partial charge on any atom is 0.280 e. The number of nitrogens with one attached hydrogen (secondary N) is 2. The van der Waals surface area contributed by atoms with Gasteiger partial charge in [-0.15, -0.1) is 0 Å². The van der Waals surface area contributed by atoms with Crippen LogP contribution < -0.4 is 15.0 Å². The van der Waals surface area contributed by atoms with Crippen molar-refractivity contribution in [3.8, 4) is 28.4 Å². The number of hydrogen-bond donors (Lipinski definition) is 2. The summed E-state index contributed by atoms with van der Waals surface area (Å²) in [6.45, 7) is 2.41. The van der Waals surface area contributed by atoms with Gasteiger partial charge >= 0.3 is 0 Å². The summed E-state index contributed by atoms with van der Waals surface area (Å²) in [7, 11) is 3.23. The van der Waals surface area contributed by atoms with Crippen molar-refractivity contribution in [3.63, 3.8) is 0 Å². The van der Waals surface area contributed by atoms with Gasteiger partial charge in [-0.05, 0) is 55.5 Å². The largest absolute Gasteiger partial charge is 0.497 e. The third-order valence-electron chi connectivity index (χ3n) is 5.25. The number of benzene rings is 2. The molecule has 0 bridgehead atoms. The smallest absolute Gasteiger partial charge is 0.280 e. The van der Waals surface area contributed by atoms with Crippen molar-refractivity contribution in [1.29, 1.82) is 0 Å². The Kier molecular flexibility index (Phi) is 6.21. The highest BCUT2D eigenvalue weighted by Gasteiger charge is 2.19. The molecule has 0 aliphatic heterocycles. The van der Waals surface area contributed by atoms with Crippen LogP contribution in [0.4, 0.5) is 0 Å². The van der Waals surface area contributed by atoms with Crippen LogP contribution in [0.1, 0.15) is 18.2 Å². The molecule has 4 rings (SSSR count). The summed E-state index contributed by atoms with van der Waals surface area (Å²) in [6, 6.07) is 14.9. The van der Waals surface area contributed by atoms with E-state index >= 15 is 0 Å². The summed E-state index contributed by atoms with van der Waals surface area (Å²) in [6.07, 6.45) is 4.14. The molecule has 8 heteroatoms. The molecule has 0 saturated carbocycles. The van der Waals surface area contributed by atoms with Gasteiger partial charge < -0.3 is 14.5 Å². The van der Waals surface area contributed by atoms with E-state index < -0.39 is 0 Å². The maximum absolute atomic E-state index is 13.5. The molecular weight excluding hydrogens is 406 g/mol. The quantitative estimate of drug-likeness (QED) is 0.416. The second-order valence-electron chi connectivity index (χ2n) is 7.22. The van der Waals surface area contributed by atoms with E-state index in [4.69, 9.17) is 9.47 Å². The van der Waals surface area contributed by atoms with Crippen molar-refractivity contribution in [1.82, 2.24) is 19.7 Å². The van der Waals surface area contributed by atoms with Gasteiger partial charge in [0.15, 0.2) is 0 Å². The van der Waals surface area contributed by atoms with E-state index in [9.17, 15) is 4.79 Å². The summed E-state index contributed by atoms with van der Waals surface area (Å²) < 4.78 is 12.0. The zero-order valence-corrected chi connectivity index (χ0v) is 18.3. The minimum Gasteiger partial charge on any atom is -0.497 e. The summed E-state index contributed by atoms with van der Waals surface area (Å²) in [5, 5.41) is 3.27. The fourth-order valence-electron chi connectivity index (χ4n) is 3.50. The second-order valence-corrected chi connectivity index (χ2v) is 7.22. The molecule has 0 aliphatic carbocycles. The van der Waals surface area contributed by atoms with E-state index in [0.29, 0.717) is 35.6 Å². The van der Waals surface area contributed by atoms with E-state index in [1.165, 1.54) is 4.68 Å². The molecule has 0 spiro atoms. The Balaban J connectivity index is 1.76. The van der Waals surface area contributed by atoms with Crippen LogP contribution in [0.3, 0.4) is 0 Å². The van der Waals surface area contributed by atoms with Gasteiger partial charge in [0.05, 0.1) is 37.5 Å². The van der Waals surface area contributed by atoms with Crippen LogP contribution in [0, 0.1) is 0 Å². The molecule has 164 valence electrons. The van der Waals surface area contributed by atoms with Gasteiger partial charge in [0.25, 0.3) is 5.56 Å². The number of ether oxygens (including phenoxy) is 2. The first-order valence-corrected chi connectivity index (χ1v) is 10.2. The van der Waals surface area contributed by atoms with Crippen LogP contribution >= 0.6 is 0 Å². The summed E-state index contributed by atoms with van der Waals surface area (Å²) in [5.41, 5.74) is 4.33. The molecule has 2 N–H and O–H groups in total. The lowest BCUT2D eigenvalue weighted by Crippen LogP contribution is -2.19. The van der Waals surface area contributed by atoms with Crippen molar-refractivity contribution in [2.24, 2.45) is 4.99 Å². The topological polar surface area (TPSA) is 97.3 Å². The van der Waals surface area contributed by atoms with Crippen LogP contribution in [-0.2, 0) is 6.42 Å². The Morgan fingerprint density at radius 3 is 2.28 bits per heavy atom. The third kappa shape index (κ3) is 4.34. The highest BCUT2D eigenvalue weighted by molar-refractivity contribution is 6.03. The number of hydrogen-bond acceptors (Lipinski definition) is 5. The first-order valence-electron chi connectivity index (χ1n) is 10.2. The van der Waals surface area contributed by atoms with Crippen molar-refractivity contribution >= 4 is 5.71 Å². The Labute approximate surface area is 185 Å². The molecule has 0 fully saturated rings. The number of imidazole rings is 1. The SMILES string of the molecule is COc1ccc(-c2[nH]n(-c3ccc(OC)cc3)c(=O)c2C(C)=NCCc2cnc[nH]2)cc1. The van der Waals surface area contributed by atoms with Crippen molar-refractivity contribution in [3.05, 3.63) is 82.7 Å². The number of rotatable bonds is 8. The Morgan fingerprint density at radius 2 is 1.69 bits per heavy atom. The number of aliphatic imine (C=N–C) groups is 1. The predicted octanol–water partition coefficient (Wildman–Crippen LogP) is 3.62. The normalized spacial score (nSPS) is 11.5. The summed E-state index contributed by atoms with van der Waals surface area (Å²) in [4.78, 5) is 25.2. The number of nitrogens with zero attached hydrogens (tertiary/aromatic N) is 3. The van der Waals surface area contributed by atoms with Crippen molar-refractivity contribution in [2.45, 2.75) is 13.3 Å². The fraction of sp³-hybridized carbons (Fsp3) is 0.208. The van der Waals surface area contributed by atoms with Crippen LogP contribution in [0.25, 0.3) is 16.9 Å². The zero-order valence-electron chi connectivity index (χ0n) is 18.3. The summed E-state index contributed by atoms with van der Waals surface area (Å²) in [5.74, 6) is 1.47. The molecule has 8 nitrogen and oxygen atoms in total. The number of methoxy groups -OCH3 is 2. The lowest BCUT2D eigenvalue weighted by atomic mass is 10.0. The van der Waals surface area contributed by atoms with Gasteiger partial charge in [-0.2, -0.15) is 0 Å². The minimum atomic E-state index is -0.163. The van der Waals surface area contributed by atoms with E-state index in [-0.39, 0.29) is 5.56 Å². The Morgan fingerprint density at radius 1 is 1.03 bits per heavy atom. The first-order chi connectivity index (χ1) is 15.6. The molecule has 4 aromatic rings. The van der Waals surface area contributed by atoms with Gasteiger partial charge in [0, 0.05) is 36.1 Å². The third-order valence-corrected chi connectivity index (χ3v) is 5.25. The van der Waals surface area contributed by atoms with Crippen molar-refractivity contribution in [2.75, 3.05) is 20.8 Å². The maximum atomic E-state index is 13.5. The van der Waals surface area contributed by atoms with Gasteiger partial charge in [-0.25, -0.2) is 9.67 Å². The molecule has 32 heavy (non-hydrogen) atoms. The highest BCUT2D eigenvalue weighted by atomic mass is 16.5. The summed E-state index contributed by atoms with van der Waals surface area (Å²) >= 11 is 0. The molecule has 0 unspecified atom stereocenters. The monoisotopic (exact) mass is 431 g/mol. The highest BCUT2D eigenvalue weighted by Crippen LogP contribution is 2.24. The van der Waals surface area contributed by atoms with Crippen LogP contribution in [0.5, 0.6) is 11.5 Å². The molecule has 0 radical (unpaired) electrons. The number of aromatic amines is 2. The zero-order chi connectivity index (χ0) is 22.5. The molecule has 2 heterocycles. The molecule has 0 saturated heterocycles. The average Bonchev–Trinajstić information content (AvgIpc) is 3.47. The second kappa shape index (κ2) is 9.38. The first kappa shape index (κ1) is 21.2. The standard InChI is InChI=1S/C24H25N5O3/c1-16(26-13-12-18-14-25-15-27-18)22-23(17-4-8-20(31-2)9-5-17)28-29(24(22)30)19-6-10-21(32-3)11-7-19/h4-11,14-15,28H,12-13H2,1-3H3,(H,25,27). The minimum absolute atomic E-state index is 0.163. The molecule has 0 amide bonds. The van der Waals surface area contributed by atoms with E-state index in [2.05, 4.69) is 20.1 Å². The predicted molar refractivity (Wildman–Crippen MR) is 124 cm³/mol. The van der Waals surface area contributed by atoms with Gasteiger partial charge in [-0.3, -0.25) is 14.9 Å². The average molecular weight is 431 g/mol. The molecule has 2 aromatic heterocycles. The van der Waals surface area contributed by atoms with Gasteiger partial charge in [-0.1, -0.05) is 0 Å². The van der Waals surface area contributed by atoms with Gasteiger partial charge in [0.2, 0.25) is 0 Å². The van der Waals surface area contributed by atoms with E-state index in [0.717, 1.165) is 22.8 Å². The number of H-pyrrole nitrogens is 2. The molecular formula is C24H25N5O3. The molecule has 0 atom stereocenters.